The van der Waals surface area contributed by atoms with Crippen LogP contribution in [0.1, 0.15) is 20.8 Å². The second-order valence-electron chi connectivity index (χ2n) is 3.22. The minimum absolute atomic E-state index is 0.318. The molecule has 3 N–H and O–H groups in total. The molecule has 0 unspecified atom stereocenters. The van der Waals surface area contributed by atoms with Crippen LogP contribution in [0.3, 0.4) is 0 Å². The average molecular weight is 176 g/mol. The van der Waals surface area contributed by atoms with Gasteiger partial charge in [-0.15, -0.1) is 0 Å². The first-order valence-corrected chi connectivity index (χ1v) is 3.94. The summed E-state index contributed by atoms with van der Waals surface area (Å²) in [6.45, 7) is 7.57. The third-order valence-electron chi connectivity index (χ3n) is 0.796. The predicted molar refractivity (Wildman–Crippen MR) is 49.9 cm³/mol. The predicted octanol–water partition coefficient (Wildman–Crippen LogP) is 0.122. The molecular formula is C8H20N2O2. The maximum atomic E-state index is 9.60. The smallest absolute Gasteiger partial charge is 0.293 e. The molecule has 0 spiro atoms. The first-order chi connectivity index (χ1) is 5.47. The van der Waals surface area contributed by atoms with Crippen LogP contribution < -0.4 is 11.1 Å². The summed E-state index contributed by atoms with van der Waals surface area (Å²) in [4.78, 5) is 9.60. The highest BCUT2D eigenvalue weighted by atomic mass is 16.5. The van der Waals surface area contributed by atoms with Crippen LogP contribution in [0.5, 0.6) is 0 Å². The zero-order valence-electron chi connectivity index (χ0n) is 8.39. The van der Waals surface area contributed by atoms with Crippen molar-refractivity contribution in [3.63, 3.8) is 0 Å². The molecule has 0 atom stereocenters. The molecule has 0 radical (unpaired) electrons. The maximum Gasteiger partial charge on any atom is 0.293 e. The Kier molecular flexibility index (Phi) is 9.86. The van der Waals surface area contributed by atoms with Gasteiger partial charge in [-0.3, -0.25) is 4.79 Å². The molecule has 0 saturated heterocycles. The van der Waals surface area contributed by atoms with Gasteiger partial charge in [0.05, 0.1) is 0 Å². The van der Waals surface area contributed by atoms with E-state index < -0.39 is 0 Å². The molecule has 0 bridgehead atoms. The van der Waals surface area contributed by atoms with Crippen LogP contribution >= 0.6 is 0 Å². The van der Waals surface area contributed by atoms with E-state index in [0.717, 1.165) is 13.1 Å². The zero-order chi connectivity index (χ0) is 10.0. The van der Waals surface area contributed by atoms with Gasteiger partial charge < -0.3 is 15.8 Å². The van der Waals surface area contributed by atoms with E-state index in [2.05, 4.69) is 10.1 Å². The molecule has 4 heteroatoms. The minimum Gasteiger partial charge on any atom is -0.462 e. The summed E-state index contributed by atoms with van der Waals surface area (Å²) in [7, 11) is 1.88. The normalized spacial score (nSPS) is 9.75. The van der Waals surface area contributed by atoms with E-state index in [1.165, 1.54) is 0 Å². The lowest BCUT2D eigenvalue weighted by molar-refractivity contribution is -0.138. The van der Waals surface area contributed by atoms with E-state index in [-0.39, 0.29) is 5.60 Å². The van der Waals surface area contributed by atoms with Crippen molar-refractivity contribution in [2.45, 2.75) is 26.4 Å². The fourth-order valence-corrected chi connectivity index (χ4v) is 0.289. The van der Waals surface area contributed by atoms with Crippen molar-refractivity contribution >= 4 is 6.47 Å². The lowest BCUT2D eigenvalue weighted by atomic mass is 10.2. The molecule has 0 aromatic rings. The summed E-state index contributed by atoms with van der Waals surface area (Å²) in [5.74, 6) is 0. The Balaban J connectivity index is 0. The van der Waals surface area contributed by atoms with Gasteiger partial charge in [-0.2, -0.15) is 0 Å². The summed E-state index contributed by atoms with van der Waals surface area (Å²) in [6.07, 6.45) is 0. The van der Waals surface area contributed by atoms with Gasteiger partial charge in [-0.05, 0) is 27.8 Å². The van der Waals surface area contributed by atoms with Crippen molar-refractivity contribution < 1.29 is 9.53 Å². The Bertz CT molecular complexity index is 97.7. The molecule has 0 saturated carbocycles. The third kappa shape index (κ3) is 22.8. The minimum atomic E-state index is -0.318. The van der Waals surface area contributed by atoms with E-state index in [4.69, 9.17) is 5.73 Å². The summed E-state index contributed by atoms with van der Waals surface area (Å²) >= 11 is 0. The van der Waals surface area contributed by atoms with E-state index >= 15 is 0 Å². The first-order valence-electron chi connectivity index (χ1n) is 3.94. The topological polar surface area (TPSA) is 64.3 Å². The quantitative estimate of drug-likeness (QED) is 0.600. The summed E-state index contributed by atoms with van der Waals surface area (Å²) in [5.41, 5.74) is 4.76. The molecule has 0 aromatic heterocycles. The highest BCUT2D eigenvalue weighted by molar-refractivity contribution is 5.37. The van der Waals surface area contributed by atoms with Crippen molar-refractivity contribution in [1.29, 1.82) is 0 Å². The van der Waals surface area contributed by atoms with Gasteiger partial charge in [0.1, 0.15) is 5.60 Å². The Morgan fingerprint density at radius 2 is 2.00 bits per heavy atom. The van der Waals surface area contributed by atoms with Crippen LogP contribution in [0.25, 0.3) is 0 Å². The SMILES string of the molecule is CC(C)(C)OC=O.CNCCN. The second kappa shape index (κ2) is 8.49. The Hall–Kier alpha value is -0.610. The van der Waals surface area contributed by atoms with Crippen molar-refractivity contribution in [1.82, 2.24) is 5.32 Å². The molecule has 0 fully saturated rings. The molecule has 0 amide bonds. The lowest BCUT2D eigenvalue weighted by Crippen LogP contribution is -2.17. The number of nitrogens with two attached hydrogens (primary N) is 1. The van der Waals surface area contributed by atoms with E-state index in [9.17, 15) is 4.79 Å². The Morgan fingerprint density at radius 3 is 2.00 bits per heavy atom. The molecule has 0 heterocycles. The van der Waals surface area contributed by atoms with E-state index in [0.29, 0.717) is 6.47 Å². The largest absolute Gasteiger partial charge is 0.462 e. The van der Waals surface area contributed by atoms with Gasteiger partial charge in [0.2, 0.25) is 0 Å². The van der Waals surface area contributed by atoms with Crippen LogP contribution in [0.2, 0.25) is 0 Å². The summed E-state index contributed by atoms with van der Waals surface area (Å²) in [6, 6.07) is 0. The fraction of sp³-hybridized carbons (Fsp3) is 0.875. The Labute approximate surface area is 74.5 Å². The van der Waals surface area contributed by atoms with E-state index in [1.807, 2.05) is 27.8 Å². The molecule has 0 aliphatic rings. The monoisotopic (exact) mass is 176 g/mol. The molecule has 0 rings (SSSR count). The molecule has 0 aromatic carbocycles. The summed E-state index contributed by atoms with van der Waals surface area (Å²) < 4.78 is 4.55. The number of hydrogen-bond donors (Lipinski definition) is 2. The van der Waals surface area contributed by atoms with Gasteiger partial charge in [0.15, 0.2) is 0 Å². The molecular weight excluding hydrogens is 156 g/mol. The van der Waals surface area contributed by atoms with Gasteiger partial charge in [-0.1, -0.05) is 0 Å². The molecule has 74 valence electrons. The Morgan fingerprint density at radius 1 is 1.50 bits per heavy atom. The summed E-state index contributed by atoms with van der Waals surface area (Å²) in [5, 5.41) is 2.89. The van der Waals surface area contributed by atoms with Crippen molar-refractivity contribution in [2.75, 3.05) is 20.1 Å². The molecule has 0 aliphatic heterocycles. The second-order valence-corrected chi connectivity index (χ2v) is 3.22. The van der Waals surface area contributed by atoms with Crippen molar-refractivity contribution in [3.8, 4) is 0 Å². The number of likely N-dealkylation sites (N-methyl/N-ethyl adjacent to an activating group) is 1. The van der Waals surface area contributed by atoms with Crippen molar-refractivity contribution in [3.05, 3.63) is 0 Å². The van der Waals surface area contributed by atoms with Gasteiger partial charge in [0, 0.05) is 13.1 Å². The number of nitrogens with one attached hydrogen (secondary N) is 1. The molecule has 0 aliphatic carbocycles. The first kappa shape index (κ1) is 13.9. The highest BCUT2D eigenvalue weighted by Crippen LogP contribution is 2.02. The lowest BCUT2D eigenvalue weighted by Gasteiger charge is -2.14. The van der Waals surface area contributed by atoms with Gasteiger partial charge in [0.25, 0.3) is 6.47 Å². The maximum absolute atomic E-state index is 9.60. The average Bonchev–Trinajstić information content (AvgIpc) is 1.87. The third-order valence-corrected chi connectivity index (χ3v) is 0.796. The van der Waals surface area contributed by atoms with Crippen LogP contribution in [0.15, 0.2) is 0 Å². The number of carbonyl (C=O) groups is 1. The molecule has 4 nitrogen and oxygen atoms in total. The number of rotatable bonds is 3. The van der Waals surface area contributed by atoms with Crippen LogP contribution in [0.4, 0.5) is 0 Å². The fourth-order valence-electron chi connectivity index (χ4n) is 0.289. The standard InChI is InChI=1S/C5H10O2.C3H10N2/c1-5(2,3)7-4-6;1-5-3-2-4/h4H,1-3H3;5H,2-4H2,1H3. The van der Waals surface area contributed by atoms with Crippen LogP contribution in [0, 0.1) is 0 Å². The van der Waals surface area contributed by atoms with Gasteiger partial charge >= 0.3 is 0 Å². The van der Waals surface area contributed by atoms with Crippen LogP contribution in [-0.2, 0) is 9.53 Å². The number of carbonyl (C=O) groups excluding carboxylic acids is 1. The van der Waals surface area contributed by atoms with E-state index in [1.54, 1.807) is 0 Å². The molecule has 12 heavy (non-hydrogen) atoms. The number of ether oxygens (including phenoxy) is 1. The highest BCUT2D eigenvalue weighted by Gasteiger charge is 2.07. The van der Waals surface area contributed by atoms with Crippen molar-refractivity contribution in [2.24, 2.45) is 5.73 Å². The van der Waals surface area contributed by atoms with Crippen LogP contribution in [-0.4, -0.2) is 32.2 Å². The van der Waals surface area contributed by atoms with Gasteiger partial charge in [-0.25, -0.2) is 0 Å². The zero-order valence-corrected chi connectivity index (χ0v) is 8.39. The number of hydrogen-bond acceptors (Lipinski definition) is 4.